The zero-order valence-electron chi connectivity index (χ0n) is 15.3. The van der Waals surface area contributed by atoms with Gasteiger partial charge in [-0.2, -0.15) is 0 Å². The number of methoxy groups -OCH3 is 1. The van der Waals surface area contributed by atoms with Crippen molar-refractivity contribution in [1.82, 2.24) is 0 Å². The van der Waals surface area contributed by atoms with Gasteiger partial charge in [0.15, 0.2) is 0 Å². The molecule has 0 saturated carbocycles. The van der Waals surface area contributed by atoms with Crippen LogP contribution in [-0.4, -0.2) is 19.2 Å². The van der Waals surface area contributed by atoms with E-state index in [4.69, 9.17) is 9.47 Å². The van der Waals surface area contributed by atoms with Gasteiger partial charge in [-0.25, -0.2) is 0 Å². The molecule has 3 heteroatoms. The predicted octanol–water partition coefficient (Wildman–Crippen LogP) is 4.69. The van der Waals surface area contributed by atoms with Crippen molar-refractivity contribution in [2.45, 2.75) is 26.4 Å². The quantitative estimate of drug-likeness (QED) is 0.756. The number of esters is 1. The summed E-state index contributed by atoms with van der Waals surface area (Å²) in [6, 6.07) is 16.5. The second-order valence-electron chi connectivity index (χ2n) is 7.18. The van der Waals surface area contributed by atoms with Crippen LogP contribution in [0.2, 0.25) is 0 Å². The topological polar surface area (TPSA) is 35.5 Å². The Morgan fingerprint density at radius 1 is 1.00 bits per heavy atom. The number of ether oxygens (including phenoxy) is 2. The van der Waals surface area contributed by atoms with Crippen molar-refractivity contribution >= 4 is 17.3 Å². The van der Waals surface area contributed by atoms with Crippen LogP contribution < -0.4 is 0 Å². The molecule has 1 heterocycles. The van der Waals surface area contributed by atoms with Crippen molar-refractivity contribution in [3.8, 4) is 0 Å². The minimum absolute atomic E-state index is 0.247. The Balaban J connectivity index is 1.69. The lowest BCUT2D eigenvalue weighted by Gasteiger charge is -2.23. The Labute approximate surface area is 154 Å². The lowest BCUT2D eigenvalue weighted by Crippen LogP contribution is -2.35. The summed E-state index contributed by atoms with van der Waals surface area (Å²) in [5.74, 6) is 0.502. The van der Waals surface area contributed by atoms with Gasteiger partial charge in [-0.3, -0.25) is 4.79 Å². The highest BCUT2D eigenvalue weighted by Gasteiger charge is 2.54. The van der Waals surface area contributed by atoms with Crippen molar-refractivity contribution < 1.29 is 14.3 Å². The number of hydrogen-bond acceptors (Lipinski definition) is 3. The van der Waals surface area contributed by atoms with E-state index in [0.29, 0.717) is 6.42 Å². The molecule has 0 radical (unpaired) electrons. The molecule has 132 valence electrons. The molecule has 0 unspecified atom stereocenters. The second kappa shape index (κ2) is 6.17. The Kier molecular flexibility index (Phi) is 3.95. The van der Waals surface area contributed by atoms with Gasteiger partial charge in [-0.15, -0.1) is 0 Å². The maximum atomic E-state index is 12.7. The van der Waals surface area contributed by atoms with E-state index in [-0.39, 0.29) is 12.1 Å². The highest BCUT2D eigenvalue weighted by Crippen LogP contribution is 2.52. The van der Waals surface area contributed by atoms with Crippen molar-refractivity contribution in [2.75, 3.05) is 7.11 Å². The average Bonchev–Trinajstić information content (AvgIpc) is 3.18. The highest BCUT2D eigenvalue weighted by molar-refractivity contribution is 5.90. The minimum Gasteiger partial charge on any atom is -0.484 e. The number of benzene rings is 2. The first-order valence-corrected chi connectivity index (χ1v) is 8.84. The molecular weight excluding hydrogens is 324 g/mol. The van der Waals surface area contributed by atoms with Crippen LogP contribution in [0.15, 0.2) is 60.7 Å². The summed E-state index contributed by atoms with van der Waals surface area (Å²) in [7, 11) is 1.44. The van der Waals surface area contributed by atoms with Crippen LogP contribution in [0.4, 0.5) is 0 Å². The number of carbonyl (C=O) groups excluding carboxylic acids is 1. The lowest BCUT2D eigenvalue weighted by molar-refractivity contribution is -0.151. The van der Waals surface area contributed by atoms with Gasteiger partial charge in [0.1, 0.15) is 17.3 Å². The van der Waals surface area contributed by atoms with Crippen molar-refractivity contribution in [3.63, 3.8) is 0 Å². The Morgan fingerprint density at radius 2 is 1.58 bits per heavy atom. The predicted molar refractivity (Wildman–Crippen MR) is 102 cm³/mol. The van der Waals surface area contributed by atoms with E-state index < -0.39 is 5.41 Å². The molecule has 2 aliphatic rings. The maximum absolute atomic E-state index is 12.7. The second-order valence-corrected chi connectivity index (χ2v) is 7.18. The number of fused-ring (bicyclic) bond motifs is 1. The van der Waals surface area contributed by atoms with Crippen LogP contribution in [0.3, 0.4) is 0 Å². The first kappa shape index (κ1) is 16.6. The van der Waals surface area contributed by atoms with Crippen LogP contribution >= 0.6 is 0 Å². The smallest absolute Gasteiger partial charge is 0.320 e. The van der Waals surface area contributed by atoms with Crippen molar-refractivity contribution in [1.29, 1.82) is 0 Å². The maximum Gasteiger partial charge on any atom is 0.320 e. The molecule has 2 atom stereocenters. The molecule has 4 rings (SSSR count). The van der Waals surface area contributed by atoms with Crippen LogP contribution in [0.5, 0.6) is 0 Å². The molecule has 0 spiro atoms. The fraction of sp³-hybridized carbons (Fsp3) is 0.261. The molecule has 0 bridgehead atoms. The van der Waals surface area contributed by atoms with Crippen LogP contribution in [0.1, 0.15) is 28.7 Å². The molecule has 0 saturated heterocycles. The monoisotopic (exact) mass is 346 g/mol. The zero-order valence-corrected chi connectivity index (χ0v) is 15.3. The highest BCUT2D eigenvalue weighted by atomic mass is 16.5. The van der Waals surface area contributed by atoms with E-state index in [2.05, 4.69) is 44.2 Å². The van der Waals surface area contributed by atoms with Gasteiger partial charge in [-0.05, 0) is 43.6 Å². The molecule has 0 aromatic heterocycles. The number of allylic oxidation sites excluding steroid dienone is 1. The summed E-state index contributed by atoms with van der Waals surface area (Å²) in [6.07, 6.45) is 4.27. The molecule has 1 aliphatic heterocycles. The van der Waals surface area contributed by atoms with E-state index in [1.807, 2.05) is 30.3 Å². The van der Waals surface area contributed by atoms with Gasteiger partial charge >= 0.3 is 5.97 Å². The number of hydrogen-bond donors (Lipinski definition) is 0. The third-order valence-electron chi connectivity index (χ3n) is 5.31. The van der Waals surface area contributed by atoms with Crippen LogP contribution in [-0.2, 0) is 14.3 Å². The third kappa shape index (κ3) is 2.64. The van der Waals surface area contributed by atoms with Crippen LogP contribution in [0.25, 0.3) is 11.3 Å². The summed E-state index contributed by atoms with van der Waals surface area (Å²) < 4.78 is 11.3. The molecule has 0 amide bonds. The zero-order chi connectivity index (χ0) is 18.3. The standard InChI is InChI=1S/C23H22O3/c1-15-4-8-17(9-5-15)19-12-21-23(13-19,22(24)25-3)14-20(26-21)18-10-6-16(2)7-11-18/h4-12,14,21H,13H2,1-3H3/t21-,23+/m0/s1. The third-order valence-corrected chi connectivity index (χ3v) is 5.31. The molecular formula is C23H22O3. The average molecular weight is 346 g/mol. The number of carbonyl (C=O) groups is 1. The van der Waals surface area contributed by atoms with E-state index in [1.165, 1.54) is 18.2 Å². The largest absolute Gasteiger partial charge is 0.484 e. The van der Waals surface area contributed by atoms with E-state index >= 15 is 0 Å². The van der Waals surface area contributed by atoms with Gasteiger partial charge in [0.2, 0.25) is 0 Å². The van der Waals surface area contributed by atoms with Gasteiger partial charge in [-0.1, -0.05) is 59.7 Å². The van der Waals surface area contributed by atoms with Crippen LogP contribution in [0, 0.1) is 19.3 Å². The van der Waals surface area contributed by atoms with E-state index in [9.17, 15) is 4.79 Å². The summed E-state index contributed by atoms with van der Waals surface area (Å²) in [5, 5.41) is 0. The first-order chi connectivity index (χ1) is 12.5. The Bertz CT molecular complexity index is 903. The summed E-state index contributed by atoms with van der Waals surface area (Å²) in [6.45, 7) is 4.12. The molecule has 26 heavy (non-hydrogen) atoms. The van der Waals surface area contributed by atoms with Gasteiger partial charge in [0.25, 0.3) is 0 Å². The minimum atomic E-state index is -0.783. The normalized spacial score (nSPS) is 23.7. The van der Waals surface area contributed by atoms with Gasteiger partial charge < -0.3 is 9.47 Å². The molecule has 2 aromatic carbocycles. The SMILES string of the molecule is COC(=O)[C@]12C=C(c3ccc(C)cc3)O[C@H]1C=C(c1ccc(C)cc1)C2. The Morgan fingerprint density at radius 3 is 2.15 bits per heavy atom. The first-order valence-electron chi connectivity index (χ1n) is 8.84. The van der Waals surface area contributed by atoms with E-state index in [0.717, 1.165) is 22.5 Å². The molecule has 2 aromatic rings. The number of aryl methyl sites for hydroxylation is 2. The molecule has 0 fully saturated rings. The molecule has 3 nitrogen and oxygen atoms in total. The molecule has 0 N–H and O–H groups in total. The summed E-state index contributed by atoms with van der Waals surface area (Å²) in [5.41, 5.74) is 4.86. The number of rotatable bonds is 3. The van der Waals surface area contributed by atoms with Gasteiger partial charge in [0.05, 0.1) is 7.11 Å². The molecule has 1 aliphatic carbocycles. The Hall–Kier alpha value is -2.81. The lowest BCUT2D eigenvalue weighted by atomic mass is 9.82. The van der Waals surface area contributed by atoms with Crippen molar-refractivity contribution in [3.05, 3.63) is 82.9 Å². The fourth-order valence-corrected chi connectivity index (χ4v) is 3.76. The van der Waals surface area contributed by atoms with E-state index in [1.54, 1.807) is 0 Å². The summed E-state index contributed by atoms with van der Waals surface area (Å²) in [4.78, 5) is 12.7. The van der Waals surface area contributed by atoms with Crippen molar-refractivity contribution in [2.24, 2.45) is 5.41 Å². The summed E-state index contributed by atoms with van der Waals surface area (Å²) >= 11 is 0. The van der Waals surface area contributed by atoms with Gasteiger partial charge in [0, 0.05) is 5.56 Å². The fourth-order valence-electron chi connectivity index (χ4n) is 3.76.